The van der Waals surface area contributed by atoms with Crippen LogP contribution in [0.15, 0.2) is 29.1 Å². The van der Waals surface area contributed by atoms with E-state index in [-0.39, 0.29) is 11.5 Å². The van der Waals surface area contributed by atoms with E-state index in [2.05, 4.69) is 15.1 Å². The average Bonchev–Trinajstić information content (AvgIpc) is 2.61. The Morgan fingerprint density at radius 1 is 1.13 bits per heavy atom. The quantitative estimate of drug-likeness (QED) is 0.860. The summed E-state index contributed by atoms with van der Waals surface area (Å²) in [7, 11) is 0. The van der Waals surface area contributed by atoms with Crippen molar-refractivity contribution in [3.63, 3.8) is 0 Å². The highest BCUT2D eigenvalue weighted by atomic mass is 16.2. The molecular formula is C17H20N4O2. The number of nitrogens with one attached hydrogen (secondary N) is 1. The maximum Gasteiger partial charge on any atom is 0.275 e. The van der Waals surface area contributed by atoms with E-state index < -0.39 is 0 Å². The monoisotopic (exact) mass is 312 g/mol. The van der Waals surface area contributed by atoms with Gasteiger partial charge in [-0.15, -0.1) is 0 Å². The van der Waals surface area contributed by atoms with Crippen LogP contribution in [-0.4, -0.2) is 58.1 Å². The summed E-state index contributed by atoms with van der Waals surface area (Å²) in [5, 5.41) is 7.65. The number of benzene rings is 1. The molecule has 2 aromatic rings. The first-order valence-electron chi connectivity index (χ1n) is 8.25. The first-order valence-corrected chi connectivity index (χ1v) is 8.25. The summed E-state index contributed by atoms with van der Waals surface area (Å²) in [6.45, 7) is 3.56. The number of amides is 1. The summed E-state index contributed by atoms with van der Waals surface area (Å²) in [4.78, 5) is 29.2. The number of hydrogen-bond acceptors (Lipinski definition) is 4. The number of nitrogens with zero attached hydrogens (tertiary/aromatic N) is 3. The Kier molecular flexibility index (Phi) is 3.61. The molecule has 2 aliphatic heterocycles. The number of carbonyl (C=O) groups excluding carboxylic acids is 1. The fraction of sp³-hybridized carbons (Fsp3) is 0.471. The minimum absolute atomic E-state index is 0.0809. The van der Waals surface area contributed by atoms with Gasteiger partial charge in [-0.05, 0) is 25.5 Å². The molecule has 2 fully saturated rings. The van der Waals surface area contributed by atoms with Gasteiger partial charge in [0.25, 0.3) is 11.5 Å². The highest BCUT2D eigenvalue weighted by molar-refractivity contribution is 6.04. The summed E-state index contributed by atoms with van der Waals surface area (Å²) in [6.07, 6.45) is 3.66. The van der Waals surface area contributed by atoms with Crippen LogP contribution in [0.5, 0.6) is 0 Å². The van der Waals surface area contributed by atoms with E-state index in [1.54, 1.807) is 18.2 Å². The molecule has 2 saturated heterocycles. The summed E-state index contributed by atoms with van der Waals surface area (Å²) in [5.41, 5.74) is 0.0960. The van der Waals surface area contributed by atoms with Crippen LogP contribution in [0.2, 0.25) is 0 Å². The van der Waals surface area contributed by atoms with Gasteiger partial charge < -0.3 is 4.90 Å². The molecule has 1 aromatic carbocycles. The third kappa shape index (κ3) is 2.53. The molecule has 2 aliphatic rings. The molecule has 1 amide bonds. The van der Waals surface area contributed by atoms with Gasteiger partial charge in [-0.2, -0.15) is 5.10 Å². The molecule has 1 N–H and O–H groups in total. The molecule has 0 radical (unpaired) electrons. The minimum Gasteiger partial charge on any atom is -0.334 e. The van der Waals surface area contributed by atoms with Crippen LogP contribution in [0.25, 0.3) is 10.8 Å². The van der Waals surface area contributed by atoms with Gasteiger partial charge in [0, 0.05) is 31.1 Å². The molecule has 6 nitrogen and oxygen atoms in total. The summed E-state index contributed by atoms with van der Waals surface area (Å²) in [6, 6.07) is 7.62. The Labute approximate surface area is 134 Å². The highest BCUT2D eigenvalue weighted by Crippen LogP contribution is 2.23. The maximum absolute atomic E-state index is 12.9. The number of aromatic amines is 1. The molecule has 1 atom stereocenters. The van der Waals surface area contributed by atoms with Crippen molar-refractivity contribution in [3.8, 4) is 0 Å². The standard InChI is InChI=1S/C17H20N4O2/c22-16-14-7-2-1-6-13(14)15(18-19-16)17(23)21-10-9-20-8-4-3-5-12(20)11-21/h1-2,6-7,12H,3-5,8-11H2,(H,19,22)/t12-/m0/s1. The second-order valence-corrected chi connectivity index (χ2v) is 6.38. The van der Waals surface area contributed by atoms with Gasteiger partial charge in [-0.1, -0.05) is 24.6 Å². The lowest BCUT2D eigenvalue weighted by Gasteiger charge is -2.43. The van der Waals surface area contributed by atoms with Crippen LogP contribution < -0.4 is 5.56 Å². The van der Waals surface area contributed by atoms with Crippen LogP contribution in [0.4, 0.5) is 0 Å². The average molecular weight is 312 g/mol. The van der Waals surface area contributed by atoms with Crippen LogP contribution >= 0.6 is 0 Å². The van der Waals surface area contributed by atoms with E-state index in [0.29, 0.717) is 22.5 Å². The van der Waals surface area contributed by atoms with Crippen LogP contribution in [-0.2, 0) is 0 Å². The van der Waals surface area contributed by atoms with Crippen molar-refractivity contribution >= 4 is 16.7 Å². The number of H-pyrrole nitrogens is 1. The second kappa shape index (κ2) is 5.77. The molecule has 0 unspecified atom stereocenters. The molecule has 120 valence electrons. The van der Waals surface area contributed by atoms with Gasteiger partial charge in [-0.25, -0.2) is 5.10 Å². The van der Waals surface area contributed by atoms with E-state index in [9.17, 15) is 9.59 Å². The number of piperazine rings is 1. The predicted octanol–water partition coefficient (Wildman–Crippen LogP) is 1.23. The molecule has 6 heteroatoms. The summed E-state index contributed by atoms with van der Waals surface area (Å²) < 4.78 is 0. The zero-order valence-electron chi connectivity index (χ0n) is 13.0. The lowest BCUT2D eigenvalue weighted by Crippen LogP contribution is -2.56. The molecule has 4 rings (SSSR count). The molecule has 0 spiro atoms. The smallest absolute Gasteiger partial charge is 0.275 e. The van der Waals surface area contributed by atoms with Crippen LogP contribution in [0.1, 0.15) is 29.8 Å². The lowest BCUT2D eigenvalue weighted by molar-refractivity contribution is 0.0369. The predicted molar refractivity (Wildman–Crippen MR) is 87.5 cm³/mol. The van der Waals surface area contributed by atoms with Crippen LogP contribution in [0.3, 0.4) is 0 Å². The van der Waals surface area contributed by atoms with Gasteiger partial charge in [0.1, 0.15) is 0 Å². The van der Waals surface area contributed by atoms with E-state index in [0.717, 1.165) is 32.6 Å². The maximum atomic E-state index is 12.9. The van der Waals surface area contributed by atoms with Gasteiger partial charge in [0.15, 0.2) is 5.69 Å². The number of rotatable bonds is 1. The fourth-order valence-electron chi connectivity index (χ4n) is 3.77. The fourth-order valence-corrected chi connectivity index (χ4v) is 3.77. The van der Waals surface area contributed by atoms with Gasteiger partial charge in [0.2, 0.25) is 0 Å². The normalized spacial score (nSPS) is 22.1. The first kappa shape index (κ1) is 14.4. The van der Waals surface area contributed by atoms with Crippen molar-refractivity contribution in [3.05, 3.63) is 40.3 Å². The summed E-state index contributed by atoms with van der Waals surface area (Å²) in [5.74, 6) is -0.0809. The van der Waals surface area contributed by atoms with E-state index in [4.69, 9.17) is 0 Å². The Balaban J connectivity index is 1.65. The van der Waals surface area contributed by atoms with Crippen molar-refractivity contribution < 1.29 is 4.79 Å². The highest BCUT2D eigenvalue weighted by Gasteiger charge is 2.32. The van der Waals surface area contributed by atoms with Crippen molar-refractivity contribution in [1.29, 1.82) is 0 Å². The number of carbonyl (C=O) groups is 1. The van der Waals surface area contributed by atoms with E-state index in [1.165, 1.54) is 12.8 Å². The Hall–Kier alpha value is -2.21. The summed E-state index contributed by atoms with van der Waals surface area (Å²) >= 11 is 0. The third-order valence-corrected chi connectivity index (χ3v) is 5.02. The molecule has 0 saturated carbocycles. The van der Waals surface area contributed by atoms with Crippen molar-refractivity contribution in [2.24, 2.45) is 0 Å². The third-order valence-electron chi connectivity index (χ3n) is 5.02. The molecular weight excluding hydrogens is 292 g/mol. The van der Waals surface area contributed by atoms with Crippen molar-refractivity contribution in [1.82, 2.24) is 20.0 Å². The zero-order valence-corrected chi connectivity index (χ0v) is 13.0. The number of hydrogen-bond donors (Lipinski definition) is 1. The zero-order chi connectivity index (χ0) is 15.8. The number of aromatic nitrogens is 2. The molecule has 0 aliphatic carbocycles. The molecule has 23 heavy (non-hydrogen) atoms. The van der Waals surface area contributed by atoms with E-state index >= 15 is 0 Å². The number of fused-ring (bicyclic) bond motifs is 2. The van der Waals surface area contributed by atoms with Crippen molar-refractivity contribution in [2.45, 2.75) is 25.3 Å². The minimum atomic E-state index is -0.255. The Bertz CT molecular complexity index is 801. The van der Waals surface area contributed by atoms with Crippen LogP contribution in [0, 0.1) is 0 Å². The van der Waals surface area contributed by atoms with E-state index in [1.807, 2.05) is 11.0 Å². The first-order chi connectivity index (χ1) is 11.2. The lowest BCUT2D eigenvalue weighted by atomic mass is 9.99. The SMILES string of the molecule is O=C(c1n[nH]c(=O)c2ccccc12)N1CCN2CCCC[C@H]2C1. The Morgan fingerprint density at radius 2 is 1.96 bits per heavy atom. The van der Waals surface area contributed by atoms with Gasteiger partial charge in [0.05, 0.1) is 5.39 Å². The molecule has 3 heterocycles. The number of piperidine rings is 1. The topological polar surface area (TPSA) is 69.3 Å². The van der Waals surface area contributed by atoms with Gasteiger partial charge >= 0.3 is 0 Å². The molecule has 1 aromatic heterocycles. The molecule has 0 bridgehead atoms. The largest absolute Gasteiger partial charge is 0.334 e. The van der Waals surface area contributed by atoms with Gasteiger partial charge in [-0.3, -0.25) is 14.5 Å². The second-order valence-electron chi connectivity index (χ2n) is 6.38. The Morgan fingerprint density at radius 3 is 2.83 bits per heavy atom. The van der Waals surface area contributed by atoms with Crippen molar-refractivity contribution in [2.75, 3.05) is 26.2 Å².